The van der Waals surface area contributed by atoms with E-state index in [0.717, 1.165) is 5.56 Å². The fraction of sp³-hybridized carbons (Fsp3) is 0.462. The monoisotopic (exact) mass is 220 g/mol. The summed E-state index contributed by atoms with van der Waals surface area (Å²) < 4.78 is 0. The SMILES string of the molecule is CNC(C)(C(N)=O)c1ccc(C(C)C)cc1. The van der Waals surface area contributed by atoms with Crippen LogP contribution in [0.3, 0.4) is 0 Å². The molecule has 0 spiro atoms. The Morgan fingerprint density at radius 1 is 1.31 bits per heavy atom. The number of likely N-dealkylation sites (N-methyl/N-ethyl adjacent to an activating group) is 1. The Kier molecular flexibility index (Phi) is 3.70. The predicted octanol–water partition coefficient (Wildman–Crippen LogP) is 1.73. The minimum atomic E-state index is -0.796. The fourth-order valence-corrected chi connectivity index (χ4v) is 1.61. The number of carbonyl (C=O) groups is 1. The molecule has 88 valence electrons. The van der Waals surface area contributed by atoms with Gasteiger partial charge >= 0.3 is 0 Å². The average molecular weight is 220 g/mol. The topological polar surface area (TPSA) is 55.1 Å². The molecule has 3 nitrogen and oxygen atoms in total. The Hall–Kier alpha value is -1.35. The van der Waals surface area contributed by atoms with Crippen LogP contribution in [0, 0.1) is 0 Å². The van der Waals surface area contributed by atoms with Crippen molar-refractivity contribution in [2.24, 2.45) is 5.73 Å². The zero-order chi connectivity index (χ0) is 12.3. The van der Waals surface area contributed by atoms with E-state index in [2.05, 4.69) is 19.2 Å². The van der Waals surface area contributed by atoms with Gasteiger partial charge in [0.25, 0.3) is 0 Å². The molecule has 16 heavy (non-hydrogen) atoms. The number of benzene rings is 1. The largest absolute Gasteiger partial charge is 0.368 e. The van der Waals surface area contributed by atoms with Gasteiger partial charge in [0.05, 0.1) is 0 Å². The molecule has 1 amide bonds. The highest BCUT2D eigenvalue weighted by molar-refractivity contribution is 5.85. The van der Waals surface area contributed by atoms with Crippen LogP contribution in [0.1, 0.15) is 37.8 Å². The highest BCUT2D eigenvalue weighted by atomic mass is 16.1. The van der Waals surface area contributed by atoms with Crippen LogP contribution >= 0.6 is 0 Å². The van der Waals surface area contributed by atoms with E-state index >= 15 is 0 Å². The number of nitrogens with two attached hydrogens (primary N) is 1. The maximum absolute atomic E-state index is 11.4. The third kappa shape index (κ3) is 2.25. The van der Waals surface area contributed by atoms with Gasteiger partial charge in [-0.05, 0) is 31.0 Å². The van der Waals surface area contributed by atoms with Crippen molar-refractivity contribution in [2.45, 2.75) is 32.2 Å². The lowest BCUT2D eigenvalue weighted by Crippen LogP contribution is -2.48. The Balaban J connectivity index is 3.09. The molecule has 0 aromatic heterocycles. The second-order valence-electron chi connectivity index (χ2n) is 4.52. The molecule has 1 atom stereocenters. The summed E-state index contributed by atoms with van der Waals surface area (Å²) in [6.45, 7) is 6.07. The van der Waals surface area contributed by atoms with Gasteiger partial charge in [-0.3, -0.25) is 4.79 Å². The van der Waals surface area contributed by atoms with Crippen LogP contribution < -0.4 is 11.1 Å². The number of hydrogen-bond donors (Lipinski definition) is 2. The summed E-state index contributed by atoms with van der Waals surface area (Å²) in [7, 11) is 1.74. The number of hydrogen-bond acceptors (Lipinski definition) is 2. The zero-order valence-corrected chi connectivity index (χ0v) is 10.4. The summed E-state index contributed by atoms with van der Waals surface area (Å²) in [5.41, 5.74) is 6.77. The lowest BCUT2D eigenvalue weighted by Gasteiger charge is -2.26. The van der Waals surface area contributed by atoms with E-state index < -0.39 is 5.54 Å². The Labute approximate surface area is 97.0 Å². The summed E-state index contributed by atoms with van der Waals surface area (Å²) in [5.74, 6) is 0.121. The van der Waals surface area contributed by atoms with Crippen LogP contribution in [0.25, 0.3) is 0 Å². The van der Waals surface area contributed by atoms with Crippen LogP contribution in [-0.2, 0) is 10.3 Å². The van der Waals surface area contributed by atoms with E-state index in [4.69, 9.17) is 5.73 Å². The minimum Gasteiger partial charge on any atom is -0.368 e. The van der Waals surface area contributed by atoms with Gasteiger partial charge in [-0.25, -0.2) is 0 Å². The molecule has 0 radical (unpaired) electrons. The highest BCUT2D eigenvalue weighted by Gasteiger charge is 2.30. The third-order valence-corrected chi connectivity index (χ3v) is 3.15. The Morgan fingerprint density at radius 2 is 1.81 bits per heavy atom. The molecular weight excluding hydrogens is 200 g/mol. The zero-order valence-electron chi connectivity index (χ0n) is 10.4. The lowest BCUT2D eigenvalue weighted by atomic mass is 9.89. The average Bonchev–Trinajstić information content (AvgIpc) is 2.27. The molecule has 0 saturated carbocycles. The number of primary amides is 1. The first-order valence-electron chi connectivity index (χ1n) is 5.51. The maximum atomic E-state index is 11.4. The third-order valence-electron chi connectivity index (χ3n) is 3.15. The Morgan fingerprint density at radius 3 is 2.12 bits per heavy atom. The van der Waals surface area contributed by atoms with Gasteiger partial charge in [-0.1, -0.05) is 38.1 Å². The van der Waals surface area contributed by atoms with Gasteiger partial charge in [0, 0.05) is 0 Å². The van der Waals surface area contributed by atoms with Gasteiger partial charge < -0.3 is 11.1 Å². The van der Waals surface area contributed by atoms with Crippen LogP contribution in [0.4, 0.5) is 0 Å². The second kappa shape index (κ2) is 4.66. The van der Waals surface area contributed by atoms with E-state index in [1.165, 1.54) is 5.56 Å². The van der Waals surface area contributed by atoms with Crippen molar-refractivity contribution in [1.82, 2.24) is 5.32 Å². The molecule has 0 aliphatic heterocycles. The molecule has 1 unspecified atom stereocenters. The maximum Gasteiger partial charge on any atom is 0.242 e. The first kappa shape index (κ1) is 12.7. The molecule has 0 aliphatic rings. The van der Waals surface area contributed by atoms with Crippen molar-refractivity contribution in [3.05, 3.63) is 35.4 Å². The van der Waals surface area contributed by atoms with Crippen molar-refractivity contribution < 1.29 is 4.79 Å². The summed E-state index contributed by atoms with van der Waals surface area (Å²) in [6.07, 6.45) is 0. The second-order valence-corrected chi connectivity index (χ2v) is 4.52. The van der Waals surface area contributed by atoms with E-state index in [9.17, 15) is 4.79 Å². The van der Waals surface area contributed by atoms with Gasteiger partial charge in [0.15, 0.2) is 0 Å². The first-order valence-corrected chi connectivity index (χ1v) is 5.51. The molecule has 0 bridgehead atoms. The number of rotatable bonds is 4. The molecule has 3 heteroatoms. The van der Waals surface area contributed by atoms with Crippen molar-refractivity contribution in [2.75, 3.05) is 7.05 Å². The summed E-state index contributed by atoms with van der Waals surface area (Å²) >= 11 is 0. The molecule has 1 rings (SSSR count). The van der Waals surface area contributed by atoms with Crippen molar-refractivity contribution in [3.63, 3.8) is 0 Å². The Bertz CT molecular complexity index is 370. The van der Waals surface area contributed by atoms with Gasteiger partial charge in [0.2, 0.25) is 5.91 Å². The summed E-state index contributed by atoms with van der Waals surface area (Å²) in [4.78, 5) is 11.4. The molecule has 0 fully saturated rings. The lowest BCUT2D eigenvalue weighted by molar-refractivity contribution is -0.123. The normalized spacial score (nSPS) is 14.8. The van der Waals surface area contributed by atoms with Gasteiger partial charge in [0.1, 0.15) is 5.54 Å². The van der Waals surface area contributed by atoms with Crippen LogP contribution in [0.5, 0.6) is 0 Å². The fourth-order valence-electron chi connectivity index (χ4n) is 1.61. The molecule has 0 saturated heterocycles. The number of carbonyl (C=O) groups excluding carboxylic acids is 1. The van der Waals surface area contributed by atoms with Crippen LogP contribution in [0.2, 0.25) is 0 Å². The minimum absolute atomic E-state index is 0.368. The van der Waals surface area contributed by atoms with E-state index in [0.29, 0.717) is 5.92 Å². The predicted molar refractivity (Wildman–Crippen MR) is 66.1 cm³/mol. The summed E-state index contributed by atoms with van der Waals surface area (Å²) in [6, 6.07) is 7.99. The van der Waals surface area contributed by atoms with E-state index in [1.54, 1.807) is 14.0 Å². The molecule has 3 N–H and O–H groups in total. The smallest absolute Gasteiger partial charge is 0.242 e. The van der Waals surface area contributed by atoms with E-state index in [-0.39, 0.29) is 5.91 Å². The van der Waals surface area contributed by atoms with Crippen molar-refractivity contribution in [3.8, 4) is 0 Å². The summed E-state index contributed by atoms with van der Waals surface area (Å²) in [5, 5.41) is 2.97. The van der Waals surface area contributed by atoms with Crippen LogP contribution in [0.15, 0.2) is 24.3 Å². The quantitative estimate of drug-likeness (QED) is 0.812. The van der Waals surface area contributed by atoms with Gasteiger partial charge in [-0.15, -0.1) is 0 Å². The molecule has 0 heterocycles. The molecule has 0 aliphatic carbocycles. The standard InChI is InChI=1S/C13H20N2O/c1-9(2)10-5-7-11(8-6-10)13(3,15-4)12(14)16/h5-9,15H,1-4H3,(H2,14,16). The number of amides is 1. The van der Waals surface area contributed by atoms with Crippen molar-refractivity contribution in [1.29, 1.82) is 0 Å². The van der Waals surface area contributed by atoms with Crippen LogP contribution in [-0.4, -0.2) is 13.0 Å². The number of nitrogens with one attached hydrogen (secondary N) is 1. The van der Waals surface area contributed by atoms with Crippen molar-refractivity contribution >= 4 is 5.91 Å². The first-order chi connectivity index (χ1) is 7.41. The molecule has 1 aromatic rings. The highest BCUT2D eigenvalue weighted by Crippen LogP contribution is 2.22. The molecular formula is C13H20N2O. The van der Waals surface area contributed by atoms with Gasteiger partial charge in [-0.2, -0.15) is 0 Å². The van der Waals surface area contributed by atoms with E-state index in [1.807, 2.05) is 24.3 Å². The molecule has 1 aromatic carbocycles.